The van der Waals surface area contributed by atoms with Crippen molar-refractivity contribution in [2.45, 2.75) is 38.6 Å². The Morgan fingerprint density at radius 1 is 1.64 bits per heavy atom. The van der Waals surface area contributed by atoms with E-state index in [0.717, 1.165) is 24.3 Å². The van der Waals surface area contributed by atoms with Gasteiger partial charge in [0.05, 0.1) is 11.5 Å². The third kappa shape index (κ3) is 2.47. The summed E-state index contributed by atoms with van der Waals surface area (Å²) in [6, 6.07) is -0.272. The fourth-order valence-corrected chi connectivity index (χ4v) is 4.55. The molecule has 7 heteroatoms. The lowest BCUT2D eigenvalue weighted by Crippen LogP contribution is -2.42. The summed E-state index contributed by atoms with van der Waals surface area (Å²) in [5, 5.41) is 15.4. The zero-order valence-corrected chi connectivity index (χ0v) is 13.4. The number of carbonyl (C=O) groups excluding carboxylic acids is 1. The van der Waals surface area contributed by atoms with Gasteiger partial charge in [-0.25, -0.2) is 9.78 Å². The summed E-state index contributed by atoms with van der Waals surface area (Å²) in [5.41, 5.74) is -0.722. The fraction of sp³-hybridized carbons (Fsp3) is 0.667. The van der Waals surface area contributed by atoms with Crippen molar-refractivity contribution in [3.05, 3.63) is 16.6 Å². The molecule has 22 heavy (non-hydrogen) atoms. The van der Waals surface area contributed by atoms with Crippen molar-refractivity contribution >= 4 is 23.3 Å². The molecular weight excluding hydrogens is 302 g/mol. The number of carboxylic acids is 1. The van der Waals surface area contributed by atoms with Gasteiger partial charge in [0.1, 0.15) is 5.01 Å². The van der Waals surface area contributed by atoms with Gasteiger partial charge in [0.15, 0.2) is 0 Å². The zero-order valence-electron chi connectivity index (χ0n) is 12.6. The summed E-state index contributed by atoms with van der Waals surface area (Å²) in [6.45, 7) is 2.88. The highest BCUT2D eigenvalue weighted by molar-refractivity contribution is 7.09. The molecule has 3 rings (SSSR count). The van der Waals surface area contributed by atoms with E-state index in [2.05, 4.69) is 10.3 Å². The number of carboxylic acid groups (broad SMARTS) is 1. The Balaban J connectivity index is 1.68. The number of likely N-dealkylation sites (tertiary alicyclic amines) is 1. The number of aliphatic carboxylic acids is 1. The van der Waals surface area contributed by atoms with Crippen LogP contribution in [-0.2, 0) is 4.79 Å². The number of fused-ring (bicyclic) bond motifs is 1. The molecule has 1 aliphatic heterocycles. The van der Waals surface area contributed by atoms with Gasteiger partial charge in [0.2, 0.25) is 0 Å². The number of hydrogen-bond acceptors (Lipinski definition) is 4. The summed E-state index contributed by atoms with van der Waals surface area (Å²) >= 11 is 1.52. The Morgan fingerprint density at radius 2 is 2.45 bits per heavy atom. The number of nitrogens with one attached hydrogen (secondary N) is 1. The van der Waals surface area contributed by atoms with Gasteiger partial charge in [-0.3, -0.25) is 4.79 Å². The zero-order chi connectivity index (χ0) is 15.7. The summed E-state index contributed by atoms with van der Waals surface area (Å²) in [7, 11) is 0. The molecule has 2 aliphatic rings. The van der Waals surface area contributed by atoms with Crippen LogP contribution in [-0.4, -0.2) is 40.1 Å². The van der Waals surface area contributed by atoms with Gasteiger partial charge < -0.3 is 15.3 Å². The van der Waals surface area contributed by atoms with E-state index >= 15 is 0 Å². The van der Waals surface area contributed by atoms with Crippen LogP contribution in [0, 0.1) is 11.3 Å². The maximum Gasteiger partial charge on any atom is 0.318 e. The Bertz CT molecular complexity index is 562. The van der Waals surface area contributed by atoms with Crippen molar-refractivity contribution in [1.29, 1.82) is 0 Å². The molecule has 1 aliphatic carbocycles. The van der Waals surface area contributed by atoms with Gasteiger partial charge in [0, 0.05) is 24.7 Å². The van der Waals surface area contributed by atoms with Crippen LogP contribution in [0.5, 0.6) is 0 Å². The van der Waals surface area contributed by atoms with Crippen LogP contribution in [0.3, 0.4) is 0 Å². The Morgan fingerprint density at radius 3 is 3.05 bits per heavy atom. The molecule has 0 radical (unpaired) electrons. The van der Waals surface area contributed by atoms with E-state index in [0.29, 0.717) is 19.5 Å². The first-order valence-electron chi connectivity index (χ1n) is 7.75. The molecule has 120 valence electrons. The third-order valence-corrected chi connectivity index (χ3v) is 5.93. The number of amides is 2. The molecule has 2 amide bonds. The van der Waals surface area contributed by atoms with E-state index < -0.39 is 11.4 Å². The lowest BCUT2D eigenvalue weighted by Gasteiger charge is -2.24. The molecule has 2 heterocycles. The van der Waals surface area contributed by atoms with E-state index in [1.165, 1.54) is 11.3 Å². The maximum atomic E-state index is 12.5. The molecular formula is C15H21N3O3S. The normalized spacial score (nSPS) is 28.4. The average Bonchev–Trinajstić information content (AvgIpc) is 3.18. The highest BCUT2D eigenvalue weighted by atomic mass is 32.1. The molecule has 3 atom stereocenters. The van der Waals surface area contributed by atoms with Gasteiger partial charge in [-0.1, -0.05) is 13.3 Å². The minimum Gasteiger partial charge on any atom is -0.481 e. The van der Waals surface area contributed by atoms with E-state index in [9.17, 15) is 14.7 Å². The molecule has 1 unspecified atom stereocenters. The van der Waals surface area contributed by atoms with E-state index in [1.54, 1.807) is 11.1 Å². The predicted octanol–water partition coefficient (Wildman–Crippen LogP) is 2.49. The van der Waals surface area contributed by atoms with Gasteiger partial charge in [-0.05, 0) is 25.2 Å². The van der Waals surface area contributed by atoms with Crippen LogP contribution in [0.2, 0.25) is 0 Å². The highest BCUT2D eigenvalue weighted by Gasteiger charge is 2.55. The summed E-state index contributed by atoms with van der Waals surface area (Å²) in [5.74, 6) is -0.659. The number of hydrogen-bond donors (Lipinski definition) is 2. The molecule has 2 N–H and O–H groups in total. The fourth-order valence-electron chi connectivity index (χ4n) is 3.78. The molecule has 1 aromatic heterocycles. The topological polar surface area (TPSA) is 82.5 Å². The van der Waals surface area contributed by atoms with Crippen molar-refractivity contribution in [3.8, 4) is 0 Å². The number of aromatic nitrogens is 1. The quantitative estimate of drug-likeness (QED) is 0.892. The molecule has 1 saturated carbocycles. The molecule has 0 aromatic carbocycles. The SMILES string of the molecule is CCC(NC(=O)N1C[C@@H]2CCC[C@@]2(C(=O)O)C1)c1nccs1. The number of carbonyl (C=O) groups is 2. The van der Waals surface area contributed by atoms with Crippen LogP contribution in [0.15, 0.2) is 11.6 Å². The predicted molar refractivity (Wildman–Crippen MR) is 82.7 cm³/mol. The first-order chi connectivity index (χ1) is 10.6. The second-order valence-corrected chi connectivity index (χ2v) is 7.14. The molecule has 0 spiro atoms. The first kappa shape index (κ1) is 15.3. The number of nitrogens with zero attached hydrogens (tertiary/aromatic N) is 2. The van der Waals surface area contributed by atoms with Gasteiger partial charge in [0.25, 0.3) is 0 Å². The lowest BCUT2D eigenvalue weighted by molar-refractivity contribution is -0.149. The van der Waals surface area contributed by atoms with Gasteiger partial charge in [-0.15, -0.1) is 11.3 Å². The molecule has 1 aromatic rings. The van der Waals surface area contributed by atoms with E-state index in [-0.39, 0.29) is 18.0 Å². The van der Waals surface area contributed by atoms with Crippen LogP contribution in [0.4, 0.5) is 4.79 Å². The standard InChI is InChI=1S/C15H21N3O3S/c1-2-11(12-16-6-7-22-12)17-14(21)18-8-10-4-3-5-15(10,9-18)13(19)20/h6-7,10-11H,2-5,8-9H2,1H3,(H,17,21)(H,19,20)/t10-,11?,15+/m0/s1. The first-order valence-corrected chi connectivity index (χ1v) is 8.63. The van der Waals surface area contributed by atoms with Crippen molar-refractivity contribution in [3.63, 3.8) is 0 Å². The Kier molecular flexibility index (Phi) is 4.08. The highest BCUT2D eigenvalue weighted by Crippen LogP contribution is 2.48. The summed E-state index contributed by atoms with van der Waals surface area (Å²) < 4.78 is 0. The van der Waals surface area contributed by atoms with Crippen LogP contribution < -0.4 is 5.32 Å². The average molecular weight is 323 g/mol. The molecule has 2 fully saturated rings. The molecule has 6 nitrogen and oxygen atoms in total. The number of thiazole rings is 1. The number of rotatable bonds is 4. The Labute approximate surface area is 133 Å². The largest absolute Gasteiger partial charge is 0.481 e. The minimum atomic E-state index is -0.753. The van der Waals surface area contributed by atoms with Crippen molar-refractivity contribution in [2.75, 3.05) is 13.1 Å². The van der Waals surface area contributed by atoms with Crippen molar-refractivity contribution < 1.29 is 14.7 Å². The van der Waals surface area contributed by atoms with E-state index in [1.807, 2.05) is 12.3 Å². The minimum absolute atomic E-state index is 0.0932. The van der Waals surface area contributed by atoms with Gasteiger partial charge in [-0.2, -0.15) is 0 Å². The van der Waals surface area contributed by atoms with Crippen molar-refractivity contribution in [2.24, 2.45) is 11.3 Å². The monoisotopic (exact) mass is 323 g/mol. The molecule has 1 saturated heterocycles. The van der Waals surface area contributed by atoms with Crippen molar-refractivity contribution in [1.82, 2.24) is 15.2 Å². The Hall–Kier alpha value is -1.63. The lowest BCUT2D eigenvalue weighted by atomic mass is 9.81. The summed E-state index contributed by atoms with van der Waals surface area (Å²) in [6.07, 6.45) is 5.03. The van der Waals surface area contributed by atoms with Gasteiger partial charge >= 0.3 is 12.0 Å². The van der Waals surface area contributed by atoms with Crippen LogP contribution >= 0.6 is 11.3 Å². The smallest absolute Gasteiger partial charge is 0.318 e. The van der Waals surface area contributed by atoms with E-state index in [4.69, 9.17) is 0 Å². The second kappa shape index (κ2) is 5.87. The molecule has 0 bridgehead atoms. The second-order valence-electron chi connectivity index (χ2n) is 6.21. The maximum absolute atomic E-state index is 12.5. The summed E-state index contributed by atoms with van der Waals surface area (Å²) in [4.78, 5) is 30.1. The van der Waals surface area contributed by atoms with Crippen LogP contribution in [0.25, 0.3) is 0 Å². The number of urea groups is 1. The van der Waals surface area contributed by atoms with Crippen LogP contribution in [0.1, 0.15) is 43.7 Å². The third-order valence-electron chi connectivity index (χ3n) is 5.04.